The molecule has 0 radical (unpaired) electrons. The number of rotatable bonds is 4. The molecule has 0 bridgehead atoms. The van der Waals surface area contributed by atoms with Crippen molar-refractivity contribution < 1.29 is 19.4 Å². The van der Waals surface area contributed by atoms with Gasteiger partial charge in [0.05, 0.1) is 5.92 Å². The molecule has 1 heterocycles. The van der Waals surface area contributed by atoms with Crippen LogP contribution < -0.4 is 0 Å². The highest BCUT2D eigenvalue weighted by Crippen LogP contribution is 2.37. The average Bonchev–Trinajstić information content (AvgIpc) is 3.03. The molecule has 5 heteroatoms. The molecule has 23 heavy (non-hydrogen) atoms. The van der Waals surface area contributed by atoms with Crippen LogP contribution in [-0.2, 0) is 20.9 Å². The van der Waals surface area contributed by atoms with E-state index < -0.39 is 17.5 Å². The van der Waals surface area contributed by atoms with E-state index in [0.29, 0.717) is 13.2 Å². The lowest BCUT2D eigenvalue weighted by molar-refractivity contribution is -0.159. The van der Waals surface area contributed by atoms with E-state index in [1.807, 2.05) is 31.2 Å². The first-order valence-electron chi connectivity index (χ1n) is 8.31. The van der Waals surface area contributed by atoms with Crippen LogP contribution >= 0.6 is 0 Å². The third-order valence-electron chi connectivity index (χ3n) is 5.00. The van der Waals surface area contributed by atoms with Crippen LogP contribution in [0, 0.1) is 0 Å². The minimum absolute atomic E-state index is 0.0439. The summed E-state index contributed by atoms with van der Waals surface area (Å²) in [4.78, 5) is 26.4. The van der Waals surface area contributed by atoms with Crippen molar-refractivity contribution >= 4 is 11.9 Å². The van der Waals surface area contributed by atoms with Crippen molar-refractivity contribution in [1.82, 2.24) is 4.90 Å². The first kappa shape index (κ1) is 16.0. The van der Waals surface area contributed by atoms with Crippen LogP contribution in [0.5, 0.6) is 0 Å². The molecule has 3 rings (SSSR count). The molecular formula is C18H23NO4. The van der Waals surface area contributed by atoms with Crippen LogP contribution in [0.15, 0.2) is 24.3 Å². The molecule has 124 valence electrons. The normalized spacial score (nSPS) is 22.7. The topological polar surface area (TPSA) is 66.8 Å². The van der Waals surface area contributed by atoms with E-state index in [4.69, 9.17) is 4.74 Å². The van der Waals surface area contributed by atoms with Crippen molar-refractivity contribution in [3.8, 4) is 0 Å². The predicted octanol–water partition coefficient (Wildman–Crippen LogP) is 2.55. The van der Waals surface area contributed by atoms with Gasteiger partial charge < -0.3 is 14.7 Å². The van der Waals surface area contributed by atoms with Crippen LogP contribution in [0.1, 0.15) is 49.7 Å². The molecule has 1 aromatic rings. The second-order valence-electron chi connectivity index (χ2n) is 6.41. The Kier molecular flexibility index (Phi) is 4.39. The molecule has 0 saturated heterocycles. The largest absolute Gasteiger partial charge is 0.481 e. The summed E-state index contributed by atoms with van der Waals surface area (Å²) in [5.41, 5.74) is 0.995. The maximum atomic E-state index is 13.1. The molecular weight excluding hydrogens is 294 g/mol. The summed E-state index contributed by atoms with van der Waals surface area (Å²) in [5.74, 6) is -1.59. The van der Waals surface area contributed by atoms with Crippen molar-refractivity contribution in [1.29, 1.82) is 0 Å². The average molecular weight is 317 g/mol. The number of carboxylic acids is 1. The van der Waals surface area contributed by atoms with Crippen LogP contribution in [-0.4, -0.2) is 40.6 Å². The Bertz CT molecular complexity index is 607. The van der Waals surface area contributed by atoms with Gasteiger partial charge in [0.2, 0.25) is 0 Å². The van der Waals surface area contributed by atoms with Crippen molar-refractivity contribution in [3.05, 3.63) is 35.4 Å². The Morgan fingerprint density at radius 3 is 2.65 bits per heavy atom. The molecule has 1 aliphatic carbocycles. The summed E-state index contributed by atoms with van der Waals surface area (Å²) in [7, 11) is 0. The second-order valence-corrected chi connectivity index (χ2v) is 6.41. The number of benzene rings is 1. The molecule has 1 atom stereocenters. The Balaban J connectivity index is 1.89. The van der Waals surface area contributed by atoms with Gasteiger partial charge in [0.25, 0.3) is 5.91 Å². The molecule has 1 fully saturated rings. The summed E-state index contributed by atoms with van der Waals surface area (Å²) in [6.07, 6.45) is 3.43. The lowest BCUT2D eigenvalue weighted by Gasteiger charge is -2.38. The Morgan fingerprint density at radius 2 is 2.00 bits per heavy atom. The quantitative estimate of drug-likeness (QED) is 0.927. The third-order valence-corrected chi connectivity index (χ3v) is 5.00. The van der Waals surface area contributed by atoms with Gasteiger partial charge in [0, 0.05) is 19.7 Å². The first-order chi connectivity index (χ1) is 11.1. The molecule has 1 unspecified atom stereocenters. The molecule has 2 aliphatic rings. The number of carbonyl (C=O) groups is 2. The molecule has 0 aromatic heterocycles. The van der Waals surface area contributed by atoms with Gasteiger partial charge in [-0.15, -0.1) is 0 Å². The number of ether oxygens (including phenoxy) is 1. The highest BCUT2D eigenvalue weighted by Gasteiger charge is 2.46. The number of aliphatic carboxylic acids is 1. The van der Waals surface area contributed by atoms with Crippen LogP contribution in [0.25, 0.3) is 0 Å². The lowest BCUT2D eigenvalue weighted by Crippen LogP contribution is -2.52. The zero-order valence-corrected chi connectivity index (χ0v) is 13.5. The zero-order valence-electron chi connectivity index (χ0n) is 13.5. The zero-order chi connectivity index (χ0) is 16.4. The Morgan fingerprint density at radius 1 is 1.30 bits per heavy atom. The third kappa shape index (κ3) is 2.85. The molecule has 1 amide bonds. The van der Waals surface area contributed by atoms with Crippen LogP contribution in [0.2, 0.25) is 0 Å². The molecule has 0 spiro atoms. The van der Waals surface area contributed by atoms with E-state index in [9.17, 15) is 14.7 Å². The fourth-order valence-electron chi connectivity index (χ4n) is 3.90. The number of nitrogens with zero attached hydrogens (tertiary/aromatic N) is 1. The van der Waals surface area contributed by atoms with Gasteiger partial charge in [-0.05, 0) is 43.7 Å². The minimum atomic E-state index is -0.883. The van der Waals surface area contributed by atoms with Crippen molar-refractivity contribution in [2.45, 2.75) is 50.7 Å². The van der Waals surface area contributed by atoms with Crippen molar-refractivity contribution in [3.63, 3.8) is 0 Å². The monoisotopic (exact) mass is 317 g/mol. The summed E-state index contributed by atoms with van der Waals surface area (Å²) >= 11 is 0. The number of hydrogen-bond acceptors (Lipinski definition) is 3. The standard InChI is InChI=1S/C18H23NO4/c1-2-23-18(9-5-6-10-18)17(22)19-11-13-7-3-4-8-14(13)15(12-19)16(20)21/h3-4,7-8,15H,2,5-6,9-12H2,1H3,(H,20,21). The minimum Gasteiger partial charge on any atom is -0.481 e. The van der Waals surface area contributed by atoms with Gasteiger partial charge in [0.1, 0.15) is 5.60 Å². The number of fused-ring (bicyclic) bond motifs is 1. The van der Waals surface area contributed by atoms with E-state index in [0.717, 1.165) is 36.8 Å². The number of hydrogen-bond donors (Lipinski definition) is 1. The lowest BCUT2D eigenvalue weighted by atomic mass is 9.88. The maximum Gasteiger partial charge on any atom is 0.312 e. The first-order valence-corrected chi connectivity index (χ1v) is 8.31. The van der Waals surface area contributed by atoms with Gasteiger partial charge in [0.15, 0.2) is 0 Å². The molecule has 1 aliphatic heterocycles. The molecule has 1 aromatic carbocycles. The van der Waals surface area contributed by atoms with Crippen LogP contribution in [0.4, 0.5) is 0 Å². The van der Waals surface area contributed by atoms with Gasteiger partial charge in [-0.3, -0.25) is 9.59 Å². The van der Waals surface area contributed by atoms with E-state index in [-0.39, 0.29) is 12.5 Å². The fraction of sp³-hybridized carbons (Fsp3) is 0.556. The summed E-state index contributed by atoms with van der Waals surface area (Å²) in [6.45, 7) is 3.09. The van der Waals surface area contributed by atoms with Crippen molar-refractivity contribution in [2.24, 2.45) is 0 Å². The van der Waals surface area contributed by atoms with E-state index >= 15 is 0 Å². The molecule has 5 nitrogen and oxygen atoms in total. The highest BCUT2D eigenvalue weighted by atomic mass is 16.5. The van der Waals surface area contributed by atoms with E-state index in [1.165, 1.54) is 0 Å². The fourth-order valence-corrected chi connectivity index (χ4v) is 3.90. The Hall–Kier alpha value is -1.88. The predicted molar refractivity (Wildman–Crippen MR) is 85.1 cm³/mol. The summed E-state index contributed by atoms with van der Waals surface area (Å²) in [5, 5.41) is 9.55. The summed E-state index contributed by atoms with van der Waals surface area (Å²) in [6, 6.07) is 7.50. The van der Waals surface area contributed by atoms with E-state index in [1.54, 1.807) is 4.90 Å². The van der Waals surface area contributed by atoms with Gasteiger partial charge in [-0.25, -0.2) is 0 Å². The summed E-state index contributed by atoms with van der Waals surface area (Å²) < 4.78 is 5.85. The SMILES string of the molecule is CCOC1(C(=O)N2Cc3ccccc3C(C(=O)O)C2)CCCC1. The molecule has 1 N–H and O–H groups in total. The van der Waals surface area contributed by atoms with Gasteiger partial charge in [-0.2, -0.15) is 0 Å². The van der Waals surface area contributed by atoms with Crippen molar-refractivity contribution in [2.75, 3.05) is 13.2 Å². The van der Waals surface area contributed by atoms with Gasteiger partial charge >= 0.3 is 5.97 Å². The maximum absolute atomic E-state index is 13.1. The number of carboxylic acid groups (broad SMARTS) is 1. The van der Waals surface area contributed by atoms with Crippen LogP contribution in [0.3, 0.4) is 0 Å². The van der Waals surface area contributed by atoms with E-state index in [2.05, 4.69) is 0 Å². The number of carbonyl (C=O) groups excluding carboxylic acids is 1. The Labute approximate surface area is 136 Å². The number of amides is 1. The molecule has 1 saturated carbocycles. The van der Waals surface area contributed by atoms with Gasteiger partial charge in [-0.1, -0.05) is 24.3 Å². The highest BCUT2D eigenvalue weighted by molar-refractivity contribution is 5.87. The smallest absolute Gasteiger partial charge is 0.312 e. The second kappa shape index (κ2) is 6.32.